The van der Waals surface area contributed by atoms with Crippen LogP contribution in [0.1, 0.15) is 34.7 Å². The first-order chi connectivity index (χ1) is 9.60. The van der Waals surface area contributed by atoms with Crippen molar-refractivity contribution in [2.75, 3.05) is 13.2 Å². The Bertz CT molecular complexity index is 649. The second kappa shape index (κ2) is 4.22. The predicted octanol–water partition coefficient (Wildman–Crippen LogP) is 1.40. The molecule has 0 bridgehead atoms. The number of azo groups is 1. The van der Waals surface area contributed by atoms with Crippen LogP contribution in [-0.2, 0) is 4.74 Å². The van der Waals surface area contributed by atoms with Crippen molar-refractivity contribution < 1.29 is 19.0 Å². The van der Waals surface area contributed by atoms with Crippen molar-refractivity contribution in [1.29, 1.82) is 0 Å². The molecule has 0 spiro atoms. The Morgan fingerprint density at radius 1 is 1.70 bits per heavy atom. The molecular formula is C11H10N4O5. The van der Waals surface area contributed by atoms with Gasteiger partial charge in [-0.05, 0) is 13.0 Å². The fraction of sp³-hybridized carbons (Fsp3) is 0.455. The van der Waals surface area contributed by atoms with Crippen LogP contribution in [0.5, 0.6) is 0 Å². The first-order valence-electron chi connectivity index (χ1n) is 5.99. The fourth-order valence-corrected chi connectivity index (χ4v) is 2.37. The van der Waals surface area contributed by atoms with E-state index in [1.54, 1.807) is 6.92 Å². The van der Waals surface area contributed by atoms with E-state index in [0.29, 0.717) is 11.3 Å². The third kappa shape index (κ3) is 1.49. The van der Waals surface area contributed by atoms with Crippen LogP contribution >= 0.6 is 0 Å². The molecular weight excluding hydrogens is 268 g/mol. The van der Waals surface area contributed by atoms with Crippen LogP contribution in [-0.4, -0.2) is 34.9 Å². The minimum atomic E-state index is -1.64. The van der Waals surface area contributed by atoms with Gasteiger partial charge in [-0.3, -0.25) is 10.1 Å². The van der Waals surface area contributed by atoms with Crippen molar-refractivity contribution in [3.63, 3.8) is 0 Å². The molecule has 9 nitrogen and oxygen atoms in total. The molecule has 1 aromatic heterocycles. The quantitative estimate of drug-likeness (QED) is 0.468. The highest BCUT2D eigenvalue weighted by atomic mass is 16.6. The van der Waals surface area contributed by atoms with Gasteiger partial charge in [0.2, 0.25) is 0 Å². The Labute approximate surface area is 112 Å². The van der Waals surface area contributed by atoms with Crippen molar-refractivity contribution in [2.45, 2.75) is 18.5 Å². The first kappa shape index (κ1) is 12.5. The standard InChI is InChI=1S/C11H10N4O5/c1-2-19-10(16)9-6-3-4-11(15(17)18)7(5-12-14-11)8(6)13-20-9/h3-4,7H,2,5H2,1H3. The van der Waals surface area contributed by atoms with E-state index in [4.69, 9.17) is 9.26 Å². The lowest BCUT2D eigenvalue weighted by molar-refractivity contribution is -0.556. The Morgan fingerprint density at radius 3 is 3.20 bits per heavy atom. The number of nitro groups is 1. The minimum Gasteiger partial charge on any atom is -0.460 e. The molecule has 2 atom stereocenters. The Kier molecular flexibility index (Phi) is 2.63. The molecule has 20 heavy (non-hydrogen) atoms. The Hall–Kier alpha value is -2.58. The average molecular weight is 278 g/mol. The second-order valence-corrected chi connectivity index (χ2v) is 4.38. The summed E-state index contributed by atoms with van der Waals surface area (Å²) >= 11 is 0. The number of esters is 1. The Morgan fingerprint density at radius 2 is 2.50 bits per heavy atom. The third-order valence-electron chi connectivity index (χ3n) is 3.34. The van der Waals surface area contributed by atoms with E-state index in [9.17, 15) is 14.9 Å². The van der Waals surface area contributed by atoms with Crippen molar-refractivity contribution in [3.8, 4) is 0 Å². The van der Waals surface area contributed by atoms with Crippen molar-refractivity contribution in [2.24, 2.45) is 10.2 Å². The average Bonchev–Trinajstić information content (AvgIpc) is 3.02. The molecule has 0 aromatic carbocycles. The smallest absolute Gasteiger partial charge is 0.377 e. The van der Waals surface area contributed by atoms with Crippen molar-refractivity contribution >= 4 is 12.0 Å². The zero-order valence-corrected chi connectivity index (χ0v) is 10.5. The maximum atomic E-state index is 11.7. The molecule has 0 saturated carbocycles. The number of fused-ring (bicyclic) bond motifs is 3. The van der Waals surface area contributed by atoms with E-state index in [0.717, 1.165) is 0 Å². The normalized spacial score (nSPS) is 26.1. The molecule has 104 valence electrons. The maximum absolute atomic E-state index is 11.7. The molecule has 0 radical (unpaired) electrons. The molecule has 2 unspecified atom stereocenters. The summed E-state index contributed by atoms with van der Waals surface area (Å²) in [5.41, 5.74) is -0.925. The van der Waals surface area contributed by atoms with Gasteiger partial charge in [0.15, 0.2) is 0 Å². The lowest BCUT2D eigenvalue weighted by Gasteiger charge is -2.21. The maximum Gasteiger partial charge on any atom is 0.377 e. The highest BCUT2D eigenvalue weighted by molar-refractivity contribution is 5.91. The minimum absolute atomic E-state index is 0.0538. The summed E-state index contributed by atoms with van der Waals surface area (Å²) in [6.07, 6.45) is 2.73. The fourth-order valence-electron chi connectivity index (χ4n) is 2.37. The zero-order valence-electron chi connectivity index (χ0n) is 10.5. The van der Waals surface area contributed by atoms with Crippen molar-refractivity contribution in [1.82, 2.24) is 5.16 Å². The van der Waals surface area contributed by atoms with E-state index < -0.39 is 22.5 Å². The molecule has 0 fully saturated rings. The number of rotatable bonds is 3. The molecule has 1 aliphatic carbocycles. The van der Waals surface area contributed by atoms with E-state index in [-0.39, 0.29) is 18.9 Å². The molecule has 0 amide bonds. The summed E-state index contributed by atoms with van der Waals surface area (Å²) in [5.74, 6) is -1.36. The summed E-state index contributed by atoms with van der Waals surface area (Å²) in [5, 5.41) is 22.5. The number of hydrogen-bond donors (Lipinski definition) is 0. The van der Waals surface area contributed by atoms with Gasteiger partial charge in [-0.15, -0.1) is 5.11 Å². The zero-order chi connectivity index (χ0) is 14.3. The van der Waals surface area contributed by atoms with E-state index in [2.05, 4.69) is 15.4 Å². The van der Waals surface area contributed by atoms with Crippen LogP contribution in [0.4, 0.5) is 0 Å². The molecule has 2 aliphatic rings. The molecule has 9 heteroatoms. The summed E-state index contributed by atoms with van der Waals surface area (Å²) in [7, 11) is 0. The first-order valence-corrected chi connectivity index (χ1v) is 5.99. The van der Waals surface area contributed by atoms with E-state index in [1.165, 1.54) is 12.2 Å². The number of ether oxygens (including phenoxy) is 1. The molecule has 2 heterocycles. The van der Waals surface area contributed by atoms with E-state index in [1.807, 2.05) is 0 Å². The number of aromatic nitrogens is 1. The Balaban J connectivity index is 2.06. The largest absolute Gasteiger partial charge is 0.460 e. The van der Waals surface area contributed by atoms with Crippen molar-refractivity contribution in [3.05, 3.63) is 33.2 Å². The predicted molar refractivity (Wildman–Crippen MR) is 63.7 cm³/mol. The van der Waals surface area contributed by atoms with Crippen LogP contribution in [0.3, 0.4) is 0 Å². The van der Waals surface area contributed by atoms with Crippen LogP contribution < -0.4 is 0 Å². The number of carbonyl (C=O) groups is 1. The van der Waals surface area contributed by atoms with Crippen LogP contribution in [0.2, 0.25) is 0 Å². The molecule has 1 aliphatic heterocycles. The van der Waals surface area contributed by atoms with Gasteiger partial charge in [-0.1, -0.05) is 5.16 Å². The van der Waals surface area contributed by atoms with Gasteiger partial charge in [0.1, 0.15) is 11.6 Å². The third-order valence-corrected chi connectivity index (χ3v) is 3.34. The summed E-state index contributed by atoms with van der Waals surface area (Å²) in [4.78, 5) is 22.5. The summed E-state index contributed by atoms with van der Waals surface area (Å²) in [6, 6.07) is 0. The lowest BCUT2D eigenvalue weighted by Crippen LogP contribution is -2.40. The summed E-state index contributed by atoms with van der Waals surface area (Å²) < 4.78 is 9.83. The summed E-state index contributed by atoms with van der Waals surface area (Å²) in [6.45, 7) is 2.00. The van der Waals surface area contributed by atoms with Gasteiger partial charge < -0.3 is 9.26 Å². The molecule has 1 aromatic rings. The molecule has 0 N–H and O–H groups in total. The monoisotopic (exact) mass is 278 g/mol. The van der Waals surface area contributed by atoms with Crippen LogP contribution in [0, 0.1) is 10.1 Å². The van der Waals surface area contributed by atoms with Gasteiger partial charge in [0, 0.05) is 6.08 Å². The molecule has 3 rings (SSSR count). The SMILES string of the molecule is CCOC(=O)c1onc2c1C=CC1([N+](=O)[O-])N=NCC21. The number of nitrogens with zero attached hydrogens (tertiary/aromatic N) is 4. The topological polar surface area (TPSA) is 120 Å². The number of carbonyl (C=O) groups excluding carboxylic acids is 1. The highest BCUT2D eigenvalue weighted by Crippen LogP contribution is 2.44. The number of hydrogen-bond acceptors (Lipinski definition) is 8. The molecule has 0 saturated heterocycles. The van der Waals surface area contributed by atoms with Gasteiger partial charge >= 0.3 is 11.6 Å². The lowest BCUT2D eigenvalue weighted by atomic mass is 9.84. The second-order valence-electron chi connectivity index (χ2n) is 4.38. The van der Waals surface area contributed by atoms with Crippen LogP contribution in [0.15, 0.2) is 20.8 Å². The van der Waals surface area contributed by atoms with Gasteiger partial charge in [-0.25, -0.2) is 4.79 Å². The van der Waals surface area contributed by atoms with Gasteiger partial charge in [0.05, 0.1) is 23.6 Å². The van der Waals surface area contributed by atoms with Gasteiger partial charge in [-0.2, -0.15) is 5.11 Å². The van der Waals surface area contributed by atoms with E-state index >= 15 is 0 Å². The highest BCUT2D eigenvalue weighted by Gasteiger charge is 2.57. The van der Waals surface area contributed by atoms with Crippen LogP contribution in [0.25, 0.3) is 6.08 Å². The van der Waals surface area contributed by atoms with Gasteiger partial charge in [0.25, 0.3) is 5.76 Å².